The Balaban J connectivity index is 1.75. The SMILES string of the molecule is CCOC(=O)Cc1ccc(C#Cc2ccc3c(c2)C(C)(C)CCS3)nn1. The van der Waals surface area contributed by atoms with E-state index in [-0.39, 0.29) is 17.8 Å². The van der Waals surface area contributed by atoms with Crippen molar-refractivity contribution in [3.8, 4) is 11.8 Å². The third-order valence-corrected chi connectivity index (χ3v) is 5.45. The molecule has 2 heterocycles. The number of carbonyl (C=O) groups is 1. The third-order valence-electron chi connectivity index (χ3n) is 4.38. The van der Waals surface area contributed by atoms with E-state index in [1.807, 2.05) is 11.8 Å². The fraction of sp³-hybridized carbons (Fsp3) is 0.381. The molecule has 0 aliphatic carbocycles. The minimum Gasteiger partial charge on any atom is -0.466 e. The van der Waals surface area contributed by atoms with E-state index in [0.29, 0.717) is 18.0 Å². The molecule has 1 aromatic carbocycles. The van der Waals surface area contributed by atoms with Crippen molar-refractivity contribution >= 4 is 17.7 Å². The molecule has 0 radical (unpaired) electrons. The highest BCUT2D eigenvalue weighted by Gasteiger charge is 2.27. The molecule has 4 nitrogen and oxygen atoms in total. The molecule has 0 spiro atoms. The first-order valence-electron chi connectivity index (χ1n) is 8.75. The molecule has 0 N–H and O–H groups in total. The van der Waals surface area contributed by atoms with Crippen molar-refractivity contribution in [1.29, 1.82) is 0 Å². The second-order valence-electron chi connectivity index (χ2n) is 6.83. The Morgan fingerprint density at radius 1 is 1.23 bits per heavy atom. The van der Waals surface area contributed by atoms with E-state index in [1.54, 1.807) is 19.1 Å². The van der Waals surface area contributed by atoms with Gasteiger partial charge in [0.25, 0.3) is 0 Å². The number of ether oxygens (including phenoxy) is 1. The van der Waals surface area contributed by atoms with Crippen LogP contribution >= 0.6 is 11.8 Å². The van der Waals surface area contributed by atoms with E-state index < -0.39 is 0 Å². The number of fused-ring (bicyclic) bond motifs is 1. The lowest BCUT2D eigenvalue weighted by Gasteiger charge is -2.32. The first-order chi connectivity index (χ1) is 12.5. The Morgan fingerprint density at radius 2 is 2.08 bits per heavy atom. The van der Waals surface area contributed by atoms with Gasteiger partial charge in [0, 0.05) is 10.5 Å². The molecule has 0 bridgehead atoms. The van der Waals surface area contributed by atoms with Crippen LogP contribution in [0, 0.1) is 11.8 Å². The lowest BCUT2D eigenvalue weighted by atomic mass is 9.81. The summed E-state index contributed by atoms with van der Waals surface area (Å²) in [6.07, 6.45) is 1.31. The van der Waals surface area contributed by atoms with E-state index in [0.717, 1.165) is 5.56 Å². The van der Waals surface area contributed by atoms with Gasteiger partial charge in [0.1, 0.15) is 5.69 Å². The topological polar surface area (TPSA) is 52.1 Å². The molecule has 26 heavy (non-hydrogen) atoms. The highest BCUT2D eigenvalue weighted by Crippen LogP contribution is 2.41. The van der Waals surface area contributed by atoms with Gasteiger partial charge >= 0.3 is 5.97 Å². The maximum absolute atomic E-state index is 11.5. The quantitative estimate of drug-likeness (QED) is 0.612. The van der Waals surface area contributed by atoms with Crippen molar-refractivity contribution in [1.82, 2.24) is 10.2 Å². The molecule has 1 aromatic heterocycles. The molecule has 0 unspecified atom stereocenters. The van der Waals surface area contributed by atoms with Crippen molar-refractivity contribution < 1.29 is 9.53 Å². The molecule has 0 atom stereocenters. The number of esters is 1. The third kappa shape index (κ3) is 4.44. The van der Waals surface area contributed by atoms with Crippen molar-refractivity contribution in [2.75, 3.05) is 12.4 Å². The number of hydrogen-bond acceptors (Lipinski definition) is 5. The summed E-state index contributed by atoms with van der Waals surface area (Å²) in [5.41, 5.74) is 3.71. The summed E-state index contributed by atoms with van der Waals surface area (Å²) in [5, 5.41) is 8.14. The number of rotatable bonds is 3. The summed E-state index contributed by atoms with van der Waals surface area (Å²) < 4.78 is 4.91. The molecule has 0 fully saturated rings. The first kappa shape index (κ1) is 18.5. The number of benzene rings is 1. The van der Waals surface area contributed by atoms with Gasteiger partial charge in [-0.15, -0.1) is 16.9 Å². The summed E-state index contributed by atoms with van der Waals surface area (Å²) in [6, 6.07) is 9.96. The molecule has 1 aliphatic heterocycles. The van der Waals surface area contributed by atoms with Crippen LogP contribution in [0.4, 0.5) is 0 Å². The van der Waals surface area contributed by atoms with Crippen LogP contribution in [0.1, 0.15) is 49.7 Å². The monoisotopic (exact) mass is 366 g/mol. The standard InChI is InChI=1S/C21H22N2O2S/c1-4-25-20(24)14-17-9-8-16(22-23-17)7-5-15-6-10-19-18(13-15)21(2,3)11-12-26-19/h6,8-10,13H,4,11-12,14H2,1-3H3. The summed E-state index contributed by atoms with van der Waals surface area (Å²) in [5.74, 6) is 7.10. The number of nitrogens with zero attached hydrogens (tertiary/aromatic N) is 2. The maximum Gasteiger partial charge on any atom is 0.311 e. The molecule has 134 valence electrons. The predicted molar refractivity (Wildman–Crippen MR) is 103 cm³/mol. The molecule has 1 aliphatic rings. The zero-order valence-corrected chi connectivity index (χ0v) is 16.2. The maximum atomic E-state index is 11.5. The lowest BCUT2D eigenvalue weighted by molar-refractivity contribution is -0.142. The second kappa shape index (κ2) is 7.92. The zero-order chi connectivity index (χ0) is 18.6. The van der Waals surface area contributed by atoms with Gasteiger partial charge in [-0.3, -0.25) is 4.79 Å². The molecule has 3 rings (SSSR count). The molecule has 0 saturated carbocycles. The summed E-state index contributed by atoms with van der Waals surface area (Å²) in [6.45, 7) is 6.72. The van der Waals surface area contributed by atoms with Gasteiger partial charge in [-0.05, 0) is 66.3 Å². The summed E-state index contributed by atoms with van der Waals surface area (Å²) >= 11 is 1.92. The first-order valence-corrected chi connectivity index (χ1v) is 9.74. The van der Waals surface area contributed by atoms with Crippen molar-refractivity contribution in [3.63, 3.8) is 0 Å². The summed E-state index contributed by atoms with van der Waals surface area (Å²) in [4.78, 5) is 12.8. The molecule has 2 aromatic rings. The molecular formula is C21H22N2O2S. The van der Waals surface area contributed by atoms with Crippen LogP contribution in [0.3, 0.4) is 0 Å². The Bertz CT molecular complexity index is 864. The lowest BCUT2D eigenvalue weighted by Crippen LogP contribution is -2.22. The van der Waals surface area contributed by atoms with Gasteiger partial charge in [0.2, 0.25) is 0 Å². The fourth-order valence-electron chi connectivity index (χ4n) is 2.83. The average Bonchev–Trinajstić information content (AvgIpc) is 2.61. The molecule has 0 amide bonds. The van der Waals surface area contributed by atoms with Gasteiger partial charge < -0.3 is 4.74 Å². The number of aromatic nitrogens is 2. The average molecular weight is 366 g/mol. The van der Waals surface area contributed by atoms with Crippen LogP contribution in [0.5, 0.6) is 0 Å². The summed E-state index contributed by atoms with van der Waals surface area (Å²) in [7, 11) is 0. The Morgan fingerprint density at radius 3 is 2.81 bits per heavy atom. The number of carbonyl (C=O) groups excluding carboxylic acids is 1. The van der Waals surface area contributed by atoms with Gasteiger partial charge in [-0.1, -0.05) is 19.8 Å². The van der Waals surface area contributed by atoms with E-state index in [4.69, 9.17) is 4.74 Å². The van der Waals surface area contributed by atoms with Crippen molar-refractivity contribution in [2.45, 2.75) is 43.9 Å². The largest absolute Gasteiger partial charge is 0.466 e. The highest BCUT2D eigenvalue weighted by molar-refractivity contribution is 7.99. The van der Waals surface area contributed by atoms with E-state index in [2.05, 4.69) is 54.1 Å². The minimum absolute atomic E-state index is 0.131. The van der Waals surface area contributed by atoms with Crippen LogP contribution in [0.15, 0.2) is 35.2 Å². The Labute approximate surface area is 158 Å². The van der Waals surface area contributed by atoms with Gasteiger partial charge in [0.15, 0.2) is 0 Å². The van der Waals surface area contributed by atoms with Gasteiger partial charge in [-0.2, -0.15) is 5.10 Å². The molecule has 0 saturated heterocycles. The Kier molecular flexibility index (Phi) is 5.63. The van der Waals surface area contributed by atoms with E-state index in [1.165, 1.54) is 22.6 Å². The fourth-order valence-corrected chi connectivity index (χ4v) is 4.32. The normalized spacial score (nSPS) is 14.7. The van der Waals surface area contributed by atoms with E-state index >= 15 is 0 Å². The number of thioether (sulfide) groups is 1. The van der Waals surface area contributed by atoms with Crippen LogP contribution < -0.4 is 0 Å². The van der Waals surface area contributed by atoms with Crippen molar-refractivity contribution in [2.24, 2.45) is 0 Å². The zero-order valence-electron chi connectivity index (χ0n) is 15.3. The second-order valence-corrected chi connectivity index (χ2v) is 7.97. The minimum atomic E-state index is -0.296. The van der Waals surface area contributed by atoms with Crippen LogP contribution in [0.25, 0.3) is 0 Å². The van der Waals surface area contributed by atoms with Crippen LogP contribution in [-0.4, -0.2) is 28.5 Å². The van der Waals surface area contributed by atoms with Crippen LogP contribution in [0.2, 0.25) is 0 Å². The molecular weight excluding hydrogens is 344 g/mol. The van der Waals surface area contributed by atoms with Gasteiger partial charge in [-0.25, -0.2) is 0 Å². The predicted octanol–water partition coefficient (Wildman–Crippen LogP) is 3.76. The van der Waals surface area contributed by atoms with E-state index in [9.17, 15) is 4.79 Å². The van der Waals surface area contributed by atoms with Gasteiger partial charge in [0.05, 0.1) is 18.7 Å². The number of hydrogen-bond donors (Lipinski definition) is 0. The Hall–Kier alpha value is -2.32. The van der Waals surface area contributed by atoms with Crippen LogP contribution in [-0.2, 0) is 21.4 Å². The molecule has 5 heteroatoms. The smallest absolute Gasteiger partial charge is 0.311 e. The highest BCUT2D eigenvalue weighted by atomic mass is 32.2. The van der Waals surface area contributed by atoms with Crippen molar-refractivity contribution in [3.05, 3.63) is 52.8 Å².